The van der Waals surface area contributed by atoms with Gasteiger partial charge in [-0.25, -0.2) is 4.79 Å². The van der Waals surface area contributed by atoms with Crippen molar-refractivity contribution < 1.29 is 21.8 Å². The minimum Gasteiger partial charge on any atom is -0.444 e. The van der Waals surface area contributed by atoms with E-state index in [-0.39, 0.29) is 0 Å². The normalized spacial score (nSPS) is 18.2. The lowest BCUT2D eigenvalue weighted by molar-refractivity contribution is 0.0127. The highest BCUT2D eigenvalue weighted by Crippen LogP contribution is 2.28. The lowest BCUT2D eigenvalue weighted by atomic mass is 9.85. The zero-order valence-corrected chi connectivity index (χ0v) is 13.4. The number of halogens is 1. The molecule has 1 amide bonds. The molecule has 1 atom stereocenters. The molecular weight excluding hydrogens is 285 g/mol. The largest absolute Gasteiger partial charge is 0.444 e. The Morgan fingerprint density at radius 1 is 1.40 bits per heavy atom. The lowest BCUT2D eigenvalue weighted by Crippen LogP contribution is -2.47. The van der Waals surface area contributed by atoms with Gasteiger partial charge in [-0.15, -0.1) is 3.89 Å². The molecule has 0 aromatic carbocycles. The number of ether oxygens (including phenoxy) is 1. The zero-order valence-electron chi connectivity index (χ0n) is 12.6. The molecule has 0 aromatic rings. The molecule has 1 saturated carbocycles. The number of hydrogen-bond donors (Lipinski definition) is 0. The number of carbonyl (C=O) groups is 1. The average molecular weight is 309 g/mol. The predicted molar refractivity (Wildman–Crippen MR) is 74.6 cm³/mol. The maximum absolute atomic E-state index is 12.8. The molecule has 0 saturated heterocycles. The third kappa shape index (κ3) is 6.07. The Bertz CT molecular complexity index is 440. The first-order chi connectivity index (χ1) is 8.98. The second kappa shape index (κ2) is 6.28. The Morgan fingerprint density at radius 3 is 2.30 bits per heavy atom. The lowest BCUT2D eigenvalue weighted by Gasteiger charge is -2.36. The molecule has 0 heterocycles. The van der Waals surface area contributed by atoms with Crippen LogP contribution in [0.25, 0.3) is 0 Å². The van der Waals surface area contributed by atoms with Crippen LogP contribution in [-0.4, -0.2) is 43.4 Å². The highest BCUT2D eigenvalue weighted by atomic mass is 32.3. The van der Waals surface area contributed by atoms with Crippen molar-refractivity contribution in [2.75, 3.05) is 12.3 Å². The molecule has 20 heavy (non-hydrogen) atoms. The van der Waals surface area contributed by atoms with Gasteiger partial charge in [0.15, 0.2) is 0 Å². The average Bonchev–Trinajstić information content (AvgIpc) is 2.08. The first-order valence-corrected chi connectivity index (χ1v) is 8.45. The van der Waals surface area contributed by atoms with Crippen molar-refractivity contribution in [3.8, 4) is 0 Å². The van der Waals surface area contributed by atoms with Crippen LogP contribution in [0, 0.1) is 5.92 Å². The van der Waals surface area contributed by atoms with Gasteiger partial charge >= 0.3 is 16.3 Å². The van der Waals surface area contributed by atoms with Crippen LogP contribution in [-0.2, 0) is 15.0 Å². The molecule has 7 heteroatoms. The van der Waals surface area contributed by atoms with Crippen molar-refractivity contribution in [1.29, 1.82) is 0 Å². The number of rotatable bonds is 5. The Hall–Kier alpha value is -0.850. The van der Waals surface area contributed by atoms with E-state index >= 15 is 0 Å². The van der Waals surface area contributed by atoms with Crippen LogP contribution in [0.15, 0.2) is 0 Å². The number of nitrogens with zero attached hydrogens (tertiary/aromatic N) is 1. The van der Waals surface area contributed by atoms with E-state index in [0.717, 1.165) is 19.3 Å². The predicted octanol–water partition coefficient (Wildman–Crippen LogP) is 2.71. The number of carbonyl (C=O) groups excluding carboxylic acids is 1. The summed E-state index contributed by atoms with van der Waals surface area (Å²) in [7, 11) is -4.62. The van der Waals surface area contributed by atoms with E-state index in [1.54, 1.807) is 20.8 Å². The third-order valence-electron chi connectivity index (χ3n) is 3.28. The maximum atomic E-state index is 12.8. The Kier molecular flexibility index (Phi) is 5.40. The molecule has 1 aliphatic carbocycles. The fourth-order valence-electron chi connectivity index (χ4n) is 2.09. The summed E-state index contributed by atoms with van der Waals surface area (Å²) in [5.41, 5.74) is -0.663. The minimum atomic E-state index is -4.62. The van der Waals surface area contributed by atoms with Gasteiger partial charge in [0.1, 0.15) is 11.4 Å². The fraction of sp³-hybridized carbons (Fsp3) is 0.923. The van der Waals surface area contributed by atoms with Crippen molar-refractivity contribution in [3.05, 3.63) is 0 Å². The molecule has 1 fully saturated rings. The van der Waals surface area contributed by atoms with Crippen LogP contribution in [0.3, 0.4) is 0 Å². The van der Waals surface area contributed by atoms with Crippen molar-refractivity contribution in [1.82, 2.24) is 4.90 Å². The van der Waals surface area contributed by atoms with Crippen LogP contribution in [0.4, 0.5) is 8.68 Å². The van der Waals surface area contributed by atoms with Gasteiger partial charge in [0.25, 0.3) is 0 Å². The maximum Gasteiger partial charge on any atom is 0.410 e. The smallest absolute Gasteiger partial charge is 0.410 e. The summed E-state index contributed by atoms with van der Waals surface area (Å²) in [5, 5.41) is 0. The first-order valence-electron chi connectivity index (χ1n) is 6.90. The van der Waals surface area contributed by atoms with Crippen LogP contribution in [0.5, 0.6) is 0 Å². The standard InChI is InChI=1S/C13H24FNO4S/c1-10(9-20(14,17)18)15(8-11-6-5-7-11)12(16)19-13(2,3)4/h10-11H,5-9H2,1-4H3. The molecule has 1 aliphatic rings. The Labute approximate surface area is 120 Å². The van der Waals surface area contributed by atoms with Crippen molar-refractivity contribution >= 4 is 16.3 Å². The van der Waals surface area contributed by atoms with E-state index in [9.17, 15) is 17.1 Å². The molecule has 0 N–H and O–H groups in total. The van der Waals surface area contributed by atoms with Gasteiger partial charge in [-0.3, -0.25) is 0 Å². The van der Waals surface area contributed by atoms with Crippen molar-refractivity contribution in [2.45, 2.75) is 58.6 Å². The summed E-state index contributed by atoms with van der Waals surface area (Å²) in [6.45, 7) is 7.17. The van der Waals surface area contributed by atoms with Gasteiger partial charge in [-0.05, 0) is 46.5 Å². The number of hydrogen-bond acceptors (Lipinski definition) is 4. The molecule has 0 aromatic heterocycles. The van der Waals surface area contributed by atoms with E-state index in [1.165, 1.54) is 11.8 Å². The molecule has 1 rings (SSSR count). The Morgan fingerprint density at radius 2 is 1.95 bits per heavy atom. The van der Waals surface area contributed by atoms with Gasteiger partial charge in [0.2, 0.25) is 0 Å². The summed E-state index contributed by atoms with van der Waals surface area (Å²) in [6.07, 6.45) is 2.55. The SMILES string of the molecule is CC(CS(=O)(=O)F)N(CC1CCC1)C(=O)OC(C)(C)C. The summed E-state index contributed by atoms with van der Waals surface area (Å²) in [4.78, 5) is 13.5. The van der Waals surface area contributed by atoms with Gasteiger partial charge in [0, 0.05) is 12.6 Å². The summed E-state index contributed by atoms with van der Waals surface area (Å²) >= 11 is 0. The monoisotopic (exact) mass is 309 g/mol. The quantitative estimate of drug-likeness (QED) is 0.733. The topological polar surface area (TPSA) is 63.7 Å². The van der Waals surface area contributed by atoms with E-state index in [2.05, 4.69) is 0 Å². The van der Waals surface area contributed by atoms with Crippen LogP contribution in [0.2, 0.25) is 0 Å². The molecule has 0 radical (unpaired) electrons. The third-order valence-corrected chi connectivity index (χ3v) is 4.16. The molecule has 0 spiro atoms. The van der Waals surface area contributed by atoms with Crippen LogP contribution < -0.4 is 0 Å². The van der Waals surface area contributed by atoms with Gasteiger partial charge < -0.3 is 9.64 Å². The molecule has 5 nitrogen and oxygen atoms in total. The molecule has 118 valence electrons. The summed E-state index contributed by atoms with van der Waals surface area (Å²) in [6, 6.07) is -0.736. The second-order valence-electron chi connectivity index (χ2n) is 6.48. The molecular formula is C13H24FNO4S. The van der Waals surface area contributed by atoms with E-state index in [4.69, 9.17) is 4.74 Å². The zero-order chi connectivity index (χ0) is 15.6. The van der Waals surface area contributed by atoms with E-state index in [1.807, 2.05) is 0 Å². The van der Waals surface area contributed by atoms with Crippen molar-refractivity contribution in [2.24, 2.45) is 5.92 Å². The highest BCUT2D eigenvalue weighted by molar-refractivity contribution is 7.86. The van der Waals surface area contributed by atoms with Crippen LogP contribution in [0.1, 0.15) is 47.0 Å². The van der Waals surface area contributed by atoms with Crippen molar-refractivity contribution in [3.63, 3.8) is 0 Å². The van der Waals surface area contributed by atoms with E-state index < -0.39 is 33.7 Å². The molecule has 1 unspecified atom stereocenters. The summed E-state index contributed by atoms with van der Waals surface area (Å²) in [5.74, 6) is -0.342. The van der Waals surface area contributed by atoms with Gasteiger partial charge in [0.05, 0.1) is 0 Å². The minimum absolute atomic E-state index is 0.354. The molecule has 0 aliphatic heterocycles. The van der Waals surface area contributed by atoms with E-state index in [0.29, 0.717) is 12.5 Å². The van der Waals surface area contributed by atoms with Gasteiger partial charge in [-0.2, -0.15) is 8.42 Å². The Balaban J connectivity index is 2.75. The summed E-state index contributed by atoms with van der Waals surface area (Å²) < 4.78 is 39.7. The van der Waals surface area contributed by atoms with Crippen LogP contribution >= 0.6 is 0 Å². The highest BCUT2D eigenvalue weighted by Gasteiger charge is 2.32. The molecule has 0 bridgehead atoms. The second-order valence-corrected chi connectivity index (χ2v) is 7.90. The number of amides is 1. The first kappa shape index (κ1) is 17.2. The fourth-order valence-corrected chi connectivity index (χ4v) is 2.84. The van der Waals surface area contributed by atoms with Gasteiger partial charge in [-0.1, -0.05) is 6.42 Å².